The predicted octanol–water partition coefficient (Wildman–Crippen LogP) is 3.11. The summed E-state index contributed by atoms with van der Waals surface area (Å²) >= 11 is 1.26. The van der Waals surface area contributed by atoms with E-state index in [1.165, 1.54) is 28.8 Å². The first-order valence-corrected chi connectivity index (χ1v) is 7.40. The zero-order valence-corrected chi connectivity index (χ0v) is 13.2. The van der Waals surface area contributed by atoms with Crippen molar-refractivity contribution >= 4 is 28.6 Å². The largest absolute Gasteiger partial charge is 0.586 e. The van der Waals surface area contributed by atoms with Gasteiger partial charge in [-0.2, -0.15) is 4.99 Å². The maximum atomic E-state index is 13.1. The number of nitrogens with zero attached hydrogens (tertiary/aromatic N) is 3. The van der Waals surface area contributed by atoms with Crippen LogP contribution in [0.2, 0.25) is 0 Å². The number of hydrogen-bond acceptors (Lipinski definition) is 4. The number of amidine groups is 1. The second kappa shape index (κ2) is 5.41. The van der Waals surface area contributed by atoms with Crippen LogP contribution in [0.3, 0.4) is 0 Å². The van der Waals surface area contributed by atoms with Gasteiger partial charge in [-0.1, -0.05) is 18.3 Å². The van der Waals surface area contributed by atoms with Crippen LogP contribution in [0.1, 0.15) is 0 Å². The number of amides is 2. The Hall–Kier alpha value is -2.29. The van der Waals surface area contributed by atoms with Crippen LogP contribution in [0.25, 0.3) is 0 Å². The fourth-order valence-electron chi connectivity index (χ4n) is 2.03. The van der Waals surface area contributed by atoms with Gasteiger partial charge >= 0.3 is 12.3 Å². The number of ether oxygens (including phenoxy) is 2. The number of anilines is 1. The predicted molar refractivity (Wildman–Crippen MR) is 83.2 cm³/mol. The van der Waals surface area contributed by atoms with Gasteiger partial charge in [-0.25, -0.2) is 4.79 Å². The van der Waals surface area contributed by atoms with E-state index >= 15 is 0 Å². The van der Waals surface area contributed by atoms with Crippen LogP contribution < -0.4 is 14.4 Å². The molecule has 1 saturated heterocycles. The minimum atomic E-state index is -3.66. The molecular formula is C14H13F2N3O3S. The number of halogens is 2. The number of carbonyl (C=O) groups is 1. The van der Waals surface area contributed by atoms with Crippen molar-refractivity contribution in [1.82, 2.24) is 4.90 Å². The number of hydrogen-bond donors (Lipinski definition) is 0. The SMILES string of the molecule is C=C1CN(c2ccc3c(c2)OC(F)(F)O3)C(=NC(=O)N(C)C)S1. The van der Waals surface area contributed by atoms with Crippen molar-refractivity contribution in [3.63, 3.8) is 0 Å². The highest BCUT2D eigenvalue weighted by Crippen LogP contribution is 2.44. The molecule has 2 aliphatic heterocycles. The number of urea groups is 1. The molecule has 0 unspecified atom stereocenters. The topological polar surface area (TPSA) is 54.4 Å². The van der Waals surface area contributed by atoms with Crippen LogP contribution in [0.15, 0.2) is 34.7 Å². The molecule has 0 saturated carbocycles. The molecule has 1 fully saturated rings. The molecule has 6 nitrogen and oxygen atoms in total. The van der Waals surface area contributed by atoms with Crippen LogP contribution in [0.5, 0.6) is 11.5 Å². The van der Waals surface area contributed by atoms with Gasteiger partial charge in [0.05, 0.1) is 6.54 Å². The summed E-state index contributed by atoms with van der Waals surface area (Å²) in [4.78, 5) is 19.6. The van der Waals surface area contributed by atoms with E-state index in [4.69, 9.17) is 0 Å². The second-order valence-electron chi connectivity index (χ2n) is 5.10. The van der Waals surface area contributed by atoms with Crippen molar-refractivity contribution in [1.29, 1.82) is 0 Å². The number of aliphatic imine (C=N–C) groups is 1. The Morgan fingerprint density at radius 3 is 2.78 bits per heavy atom. The van der Waals surface area contributed by atoms with E-state index in [9.17, 15) is 13.6 Å². The van der Waals surface area contributed by atoms with Crippen LogP contribution in [0.4, 0.5) is 19.3 Å². The molecule has 2 aliphatic rings. The minimum absolute atomic E-state index is 0.0349. The molecule has 0 N–H and O–H groups in total. The third-order valence-electron chi connectivity index (χ3n) is 3.07. The van der Waals surface area contributed by atoms with Gasteiger partial charge in [-0.3, -0.25) is 0 Å². The van der Waals surface area contributed by atoms with E-state index < -0.39 is 12.3 Å². The van der Waals surface area contributed by atoms with E-state index in [0.717, 1.165) is 4.91 Å². The van der Waals surface area contributed by atoms with Gasteiger partial charge < -0.3 is 19.3 Å². The van der Waals surface area contributed by atoms with Crippen molar-refractivity contribution in [2.45, 2.75) is 6.29 Å². The lowest BCUT2D eigenvalue weighted by atomic mass is 10.2. The van der Waals surface area contributed by atoms with E-state index in [0.29, 0.717) is 17.4 Å². The molecule has 1 aromatic carbocycles. The Balaban J connectivity index is 1.92. The Morgan fingerprint density at radius 1 is 1.39 bits per heavy atom. The van der Waals surface area contributed by atoms with E-state index in [-0.39, 0.29) is 11.5 Å². The molecule has 3 rings (SSSR count). The molecule has 0 aromatic heterocycles. The number of alkyl halides is 2. The zero-order chi connectivity index (χ0) is 16.8. The van der Waals surface area contributed by atoms with Crippen molar-refractivity contribution in [3.8, 4) is 11.5 Å². The van der Waals surface area contributed by atoms with Gasteiger partial charge in [0.2, 0.25) is 0 Å². The molecule has 2 amide bonds. The fraction of sp³-hybridized carbons (Fsp3) is 0.286. The van der Waals surface area contributed by atoms with Crippen molar-refractivity contribution < 1.29 is 23.0 Å². The molecule has 0 spiro atoms. The molecular weight excluding hydrogens is 328 g/mol. The Labute approximate surface area is 135 Å². The molecule has 2 heterocycles. The first-order valence-electron chi connectivity index (χ1n) is 6.58. The summed E-state index contributed by atoms with van der Waals surface area (Å²) in [6.45, 7) is 4.28. The summed E-state index contributed by atoms with van der Waals surface area (Å²) in [5.74, 6) is -0.0967. The summed E-state index contributed by atoms with van der Waals surface area (Å²) in [5, 5.41) is 0.430. The van der Waals surface area contributed by atoms with Crippen LogP contribution >= 0.6 is 11.8 Å². The summed E-state index contributed by atoms with van der Waals surface area (Å²) in [6, 6.07) is 3.99. The quantitative estimate of drug-likeness (QED) is 0.786. The van der Waals surface area contributed by atoms with Gasteiger partial charge in [0.15, 0.2) is 16.7 Å². The number of benzene rings is 1. The highest BCUT2D eigenvalue weighted by Gasteiger charge is 2.43. The van der Waals surface area contributed by atoms with Crippen molar-refractivity contribution in [3.05, 3.63) is 29.7 Å². The monoisotopic (exact) mass is 341 g/mol. The summed E-state index contributed by atoms with van der Waals surface area (Å²) in [7, 11) is 3.18. The lowest BCUT2D eigenvalue weighted by Crippen LogP contribution is -2.27. The average molecular weight is 341 g/mol. The highest BCUT2D eigenvalue weighted by atomic mass is 32.2. The van der Waals surface area contributed by atoms with Gasteiger partial charge in [0.25, 0.3) is 0 Å². The first-order chi connectivity index (χ1) is 10.7. The average Bonchev–Trinajstić information content (AvgIpc) is 2.95. The van der Waals surface area contributed by atoms with Crippen LogP contribution in [-0.4, -0.2) is 43.0 Å². The maximum absolute atomic E-state index is 13.1. The standard InChI is InChI=1S/C14H13F2N3O3S/c1-8-7-19(13(23-8)17-12(20)18(2)3)9-4-5-10-11(6-9)22-14(15,16)21-10/h4-6H,1,7H2,2-3H3. The third-order valence-corrected chi connectivity index (χ3v) is 3.98. The lowest BCUT2D eigenvalue weighted by Gasteiger charge is -2.18. The molecule has 1 aromatic rings. The summed E-state index contributed by atoms with van der Waals surface area (Å²) in [6.07, 6.45) is -3.66. The fourth-order valence-corrected chi connectivity index (χ4v) is 2.89. The van der Waals surface area contributed by atoms with Gasteiger partial charge in [0.1, 0.15) is 0 Å². The van der Waals surface area contributed by atoms with Crippen LogP contribution in [0, 0.1) is 0 Å². The summed E-state index contributed by atoms with van der Waals surface area (Å²) in [5.41, 5.74) is 0.557. The van der Waals surface area contributed by atoms with E-state index in [1.807, 2.05) is 0 Å². The van der Waals surface area contributed by atoms with Crippen molar-refractivity contribution in [2.24, 2.45) is 4.99 Å². The first kappa shape index (κ1) is 15.6. The molecule has 0 radical (unpaired) electrons. The van der Waals surface area contributed by atoms with Crippen molar-refractivity contribution in [2.75, 3.05) is 25.5 Å². The summed E-state index contributed by atoms with van der Waals surface area (Å²) < 4.78 is 35.0. The minimum Gasteiger partial charge on any atom is -0.395 e. The Morgan fingerprint density at radius 2 is 2.09 bits per heavy atom. The molecule has 0 aliphatic carbocycles. The number of fused-ring (bicyclic) bond motifs is 1. The van der Waals surface area contributed by atoms with Gasteiger partial charge in [0, 0.05) is 30.8 Å². The zero-order valence-electron chi connectivity index (χ0n) is 12.4. The molecule has 0 atom stereocenters. The Bertz CT molecular complexity index is 721. The molecule has 122 valence electrons. The Kier molecular flexibility index (Phi) is 3.67. The van der Waals surface area contributed by atoms with Gasteiger partial charge in [-0.05, 0) is 12.1 Å². The van der Waals surface area contributed by atoms with E-state index in [2.05, 4.69) is 21.0 Å². The number of carbonyl (C=O) groups excluding carboxylic acids is 1. The maximum Gasteiger partial charge on any atom is 0.586 e. The second-order valence-corrected chi connectivity index (χ2v) is 6.24. The lowest BCUT2D eigenvalue weighted by molar-refractivity contribution is -0.286. The molecule has 9 heteroatoms. The molecule has 23 heavy (non-hydrogen) atoms. The van der Waals surface area contributed by atoms with Crippen LogP contribution in [-0.2, 0) is 0 Å². The normalized spacial score (nSPS) is 20.3. The van der Waals surface area contributed by atoms with Gasteiger partial charge in [-0.15, -0.1) is 8.78 Å². The number of rotatable bonds is 1. The molecule has 0 bridgehead atoms. The number of thioether (sulfide) groups is 1. The smallest absolute Gasteiger partial charge is 0.395 e. The van der Waals surface area contributed by atoms with E-state index in [1.54, 1.807) is 25.1 Å². The third kappa shape index (κ3) is 3.09. The highest BCUT2D eigenvalue weighted by molar-refractivity contribution is 8.18.